The topological polar surface area (TPSA) is 90.9 Å². The summed E-state index contributed by atoms with van der Waals surface area (Å²) in [4.78, 5) is 25.2. The number of hydroxylamine groups is 1. The Morgan fingerprint density at radius 2 is 1.92 bits per heavy atom. The van der Waals surface area contributed by atoms with Gasteiger partial charge in [0, 0.05) is 25.2 Å². The highest BCUT2D eigenvalue weighted by Crippen LogP contribution is 2.23. The minimum Gasteiger partial charge on any atom is -0.494 e. The number of urea groups is 1. The first-order valence-electron chi connectivity index (χ1n) is 9.34. The molecule has 3 amide bonds. The quantitative estimate of drug-likeness (QED) is 0.488. The molecule has 0 saturated carbocycles. The second-order valence-corrected chi connectivity index (χ2v) is 6.66. The Balaban J connectivity index is 1.70. The maximum atomic E-state index is 12.4. The molecule has 1 saturated heterocycles. The van der Waals surface area contributed by atoms with Gasteiger partial charge in [-0.15, -0.1) is 0 Å². The zero-order valence-electron chi connectivity index (χ0n) is 15.4. The number of carbonyl (C=O) groups excluding carboxylic acids is 2. The molecule has 0 aromatic heterocycles. The first kappa shape index (κ1) is 20.0. The minimum absolute atomic E-state index is 0.0784. The number of carbonyl (C=O) groups is 2. The molecule has 26 heavy (non-hydrogen) atoms. The maximum absolute atomic E-state index is 12.4. The summed E-state index contributed by atoms with van der Waals surface area (Å²) in [7, 11) is 0. The van der Waals surface area contributed by atoms with Gasteiger partial charge in [0.05, 0.1) is 6.61 Å². The van der Waals surface area contributed by atoms with Crippen molar-refractivity contribution in [2.45, 2.75) is 45.4 Å². The van der Waals surface area contributed by atoms with Crippen LogP contribution < -0.4 is 15.5 Å². The van der Waals surface area contributed by atoms with Crippen LogP contribution in [0.3, 0.4) is 0 Å². The van der Waals surface area contributed by atoms with E-state index in [0.29, 0.717) is 18.9 Å². The van der Waals surface area contributed by atoms with Gasteiger partial charge in [0.1, 0.15) is 5.75 Å². The predicted molar refractivity (Wildman–Crippen MR) is 99.3 cm³/mol. The fraction of sp³-hybridized carbons (Fsp3) is 0.579. The van der Waals surface area contributed by atoms with Crippen molar-refractivity contribution in [2.75, 3.05) is 25.0 Å². The van der Waals surface area contributed by atoms with E-state index >= 15 is 0 Å². The Morgan fingerprint density at radius 3 is 2.54 bits per heavy atom. The van der Waals surface area contributed by atoms with E-state index in [1.165, 1.54) is 0 Å². The fourth-order valence-electron chi connectivity index (χ4n) is 3.09. The normalized spacial score (nSPS) is 14.8. The number of hydrogen-bond donors (Lipinski definition) is 3. The van der Waals surface area contributed by atoms with Crippen LogP contribution in [0.15, 0.2) is 24.3 Å². The zero-order chi connectivity index (χ0) is 18.8. The van der Waals surface area contributed by atoms with Gasteiger partial charge in [0.2, 0.25) is 5.91 Å². The van der Waals surface area contributed by atoms with Crippen molar-refractivity contribution in [3.8, 4) is 5.75 Å². The number of amides is 3. The second kappa shape index (κ2) is 10.7. The molecule has 1 aromatic rings. The molecule has 2 rings (SSSR count). The Hall–Kier alpha value is -2.28. The summed E-state index contributed by atoms with van der Waals surface area (Å²) in [6.07, 6.45) is 4.89. The Bertz CT molecular complexity index is 569. The second-order valence-electron chi connectivity index (χ2n) is 6.66. The van der Waals surface area contributed by atoms with Gasteiger partial charge in [-0.2, -0.15) is 0 Å². The van der Waals surface area contributed by atoms with E-state index in [1.807, 2.05) is 29.2 Å². The summed E-state index contributed by atoms with van der Waals surface area (Å²) < 4.78 is 5.54. The van der Waals surface area contributed by atoms with Gasteiger partial charge in [-0.25, -0.2) is 10.3 Å². The molecule has 3 N–H and O–H groups in total. The number of rotatable bonds is 8. The van der Waals surface area contributed by atoms with Crippen molar-refractivity contribution in [2.24, 2.45) is 5.92 Å². The molecule has 1 aliphatic heterocycles. The predicted octanol–water partition coefficient (Wildman–Crippen LogP) is 3.40. The fourth-order valence-corrected chi connectivity index (χ4v) is 3.09. The van der Waals surface area contributed by atoms with Gasteiger partial charge in [-0.3, -0.25) is 10.0 Å². The maximum Gasteiger partial charge on any atom is 0.321 e. The largest absolute Gasteiger partial charge is 0.494 e. The van der Waals surface area contributed by atoms with Crippen LogP contribution >= 0.6 is 0 Å². The molecule has 0 bridgehead atoms. The lowest BCUT2D eigenvalue weighted by Gasteiger charge is -2.32. The highest BCUT2D eigenvalue weighted by atomic mass is 16.5. The third-order valence-electron chi connectivity index (χ3n) is 4.62. The Morgan fingerprint density at radius 1 is 1.23 bits per heavy atom. The number of ether oxygens (including phenoxy) is 1. The minimum atomic E-state index is -0.340. The number of likely N-dealkylation sites (tertiary alicyclic amines) is 1. The average molecular weight is 363 g/mol. The Labute approximate surface area is 154 Å². The molecule has 0 aliphatic carbocycles. The van der Waals surface area contributed by atoms with Crippen molar-refractivity contribution in [1.82, 2.24) is 10.4 Å². The molecular formula is C19H29N3O4. The van der Waals surface area contributed by atoms with Crippen LogP contribution in [-0.2, 0) is 4.79 Å². The smallest absolute Gasteiger partial charge is 0.321 e. The van der Waals surface area contributed by atoms with Gasteiger partial charge in [-0.1, -0.05) is 6.92 Å². The summed E-state index contributed by atoms with van der Waals surface area (Å²) in [5.74, 6) is 0.994. The molecule has 1 fully saturated rings. The van der Waals surface area contributed by atoms with Crippen LogP contribution in [0.2, 0.25) is 0 Å². The monoisotopic (exact) mass is 363 g/mol. The zero-order valence-corrected chi connectivity index (χ0v) is 15.4. The number of piperidine rings is 1. The molecule has 0 spiro atoms. The van der Waals surface area contributed by atoms with Crippen LogP contribution in [-0.4, -0.2) is 41.7 Å². The van der Waals surface area contributed by atoms with E-state index in [-0.39, 0.29) is 11.9 Å². The molecule has 7 heteroatoms. The summed E-state index contributed by atoms with van der Waals surface area (Å²) in [5, 5.41) is 11.4. The van der Waals surface area contributed by atoms with E-state index in [1.54, 1.807) is 5.48 Å². The molecule has 0 radical (unpaired) electrons. The molecule has 1 heterocycles. The van der Waals surface area contributed by atoms with Crippen molar-refractivity contribution >= 4 is 17.6 Å². The van der Waals surface area contributed by atoms with Crippen LogP contribution in [0.5, 0.6) is 5.75 Å². The van der Waals surface area contributed by atoms with E-state index in [2.05, 4.69) is 12.2 Å². The van der Waals surface area contributed by atoms with Crippen molar-refractivity contribution in [1.29, 1.82) is 0 Å². The Kier molecular flexibility index (Phi) is 8.21. The summed E-state index contributed by atoms with van der Waals surface area (Å²) in [5.41, 5.74) is 2.41. The number of anilines is 1. The first-order valence-corrected chi connectivity index (χ1v) is 9.34. The van der Waals surface area contributed by atoms with E-state index in [4.69, 9.17) is 9.94 Å². The van der Waals surface area contributed by atoms with Crippen molar-refractivity contribution in [3.05, 3.63) is 24.3 Å². The van der Waals surface area contributed by atoms with E-state index in [0.717, 1.165) is 56.6 Å². The molecule has 1 aromatic carbocycles. The SMILES string of the molecule is CCCOc1ccc(NC(=O)N2CCC(CCCC(=O)NO)CC2)cc1. The molecule has 1 aliphatic rings. The lowest BCUT2D eigenvalue weighted by atomic mass is 9.91. The standard InChI is InChI=1S/C19H29N3O4/c1-2-14-26-17-8-6-16(7-9-17)20-19(24)22-12-10-15(11-13-22)4-3-5-18(23)21-25/h6-9,15,25H,2-5,10-14H2,1H3,(H,20,24)(H,21,23). The van der Waals surface area contributed by atoms with E-state index in [9.17, 15) is 9.59 Å². The average Bonchev–Trinajstić information content (AvgIpc) is 2.67. The summed E-state index contributed by atoms with van der Waals surface area (Å²) in [6, 6.07) is 7.34. The van der Waals surface area contributed by atoms with E-state index < -0.39 is 0 Å². The van der Waals surface area contributed by atoms with Gasteiger partial charge in [-0.05, 0) is 62.3 Å². The summed E-state index contributed by atoms with van der Waals surface area (Å²) in [6.45, 7) is 4.19. The molecule has 144 valence electrons. The van der Waals surface area contributed by atoms with Gasteiger partial charge < -0.3 is 15.0 Å². The van der Waals surface area contributed by atoms with Crippen LogP contribution in [0.25, 0.3) is 0 Å². The van der Waals surface area contributed by atoms with Gasteiger partial charge in [0.25, 0.3) is 0 Å². The van der Waals surface area contributed by atoms with Crippen LogP contribution in [0.1, 0.15) is 45.4 Å². The lowest BCUT2D eigenvalue weighted by molar-refractivity contribution is -0.129. The lowest BCUT2D eigenvalue weighted by Crippen LogP contribution is -2.41. The number of benzene rings is 1. The third kappa shape index (κ3) is 6.55. The molecule has 0 unspecified atom stereocenters. The van der Waals surface area contributed by atoms with Crippen molar-refractivity contribution in [3.63, 3.8) is 0 Å². The third-order valence-corrected chi connectivity index (χ3v) is 4.62. The number of nitrogens with zero attached hydrogens (tertiary/aromatic N) is 1. The molecule has 7 nitrogen and oxygen atoms in total. The van der Waals surface area contributed by atoms with Crippen LogP contribution in [0, 0.1) is 5.92 Å². The number of hydrogen-bond acceptors (Lipinski definition) is 4. The van der Waals surface area contributed by atoms with Crippen LogP contribution in [0.4, 0.5) is 10.5 Å². The highest BCUT2D eigenvalue weighted by molar-refractivity contribution is 5.89. The highest BCUT2D eigenvalue weighted by Gasteiger charge is 2.22. The van der Waals surface area contributed by atoms with Gasteiger partial charge in [0.15, 0.2) is 0 Å². The number of nitrogens with one attached hydrogen (secondary N) is 2. The molecular weight excluding hydrogens is 334 g/mol. The van der Waals surface area contributed by atoms with Gasteiger partial charge >= 0.3 is 6.03 Å². The first-order chi connectivity index (χ1) is 12.6. The molecule has 0 atom stereocenters. The van der Waals surface area contributed by atoms with Crippen molar-refractivity contribution < 1.29 is 19.5 Å². The summed E-state index contributed by atoms with van der Waals surface area (Å²) >= 11 is 0.